The number of nitrogens with two attached hydrogens (primary N) is 1. The Morgan fingerprint density at radius 3 is 2.43 bits per heavy atom. The lowest BCUT2D eigenvalue weighted by molar-refractivity contribution is -0.154. The number of carbonyl (C=O) groups excluding carboxylic acids is 2. The van der Waals surface area contributed by atoms with Crippen molar-refractivity contribution >= 4 is 30.2 Å². The van der Waals surface area contributed by atoms with Gasteiger partial charge in [0.2, 0.25) is 11.4 Å². The molecule has 2 aromatic carbocycles. The second kappa shape index (κ2) is 11.6. The van der Waals surface area contributed by atoms with E-state index in [0.717, 1.165) is 16.8 Å². The Bertz CT molecular complexity index is 1230. The van der Waals surface area contributed by atoms with Crippen molar-refractivity contribution in [3.63, 3.8) is 0 Å². The fraction of sp³-hybridized carbons (Fsp3) is 0.417. The maximum absolute atomic E-state index is 12.7. The Kier molecular flexibility index (Phi) is 8.96. The summed E-state index contributed by atoms with van der Waals surface area (Å²) in [4.78, 5) is 43.2. The zero-order valence-corrected chi connectivity index (χ0v) is 21.4. The minimum Gasteiger partial charge on any atom is -0.497 e. The van der Waals surface area contributed by atoms with Crippen LogP contribution in [0, 0.1) is 0 Å². The summed E-state index contributed by atoms with van der Waals surface area (Å²) < 4.78 is 27.3. The largest absolute Gasteiger partial charge is 0.497 e. The van der Waals surface area contributed by atoms with Crippen molar-refractivity contribution in [2.45, 2.75) is 50.2 Å². The van der Waals surface area contributed by atoms with Crippen LogP contribution in [-0.2, 0) is 23.6 Å². The highest BCUT2D eigenvalue weighted by molar-refractivity contribution is 7.56. The summed E-state index contributed by atoms with van der Waals surface area (Å²) in [6.45, 7) is 2.16. The number of hydrogen-bond acceptors (Lipinski definition) is 9. The van der Waals surface area contributed by atoms with Gasteiger partial charge in [-0.15, -0.1) is 0 Å². The summed E-state index contributed by atoms with van der Waals surface area (Å²) in [6, 6.07) is 8.70. The van der Waals surface area contributed by atoms with E-state index in [1.807, 2.05) is 24.3 Å². The lowest BCUT2D eigenvalue weighted by Crippen LogP contribution is -2.61. The third-order valence-corrected chi connectivity index (χ3v) is 6.90. The average Bonchev–Trinajstić information content (AvgIpc) is 2.85. The Labute approximate surface area is 213 Å². The smallest absolute Gasteiger partial charge is 0.390 e. The maximum atomic E-state index is 12.7. The number of benzene rings is 2. The predicted octanol–water partition coefficient (Wildman–Crippen LogP) is 0.467. The molecule has 12 nitrogen and oxygen atoms in total. The third kappa shape index (κ3) is 6.86. The van der Waals surface area contributed by atoms with Gasteiger partial charge in [-0.3, -0.25) is 14.2 Å². The number of hydrogen-bond donors (Lipinski definition) is 6. The van der Waals surface area contributed by atoms with E-state index in [1.165, 1.54) is 6.92 Å². The molecule has 1 heterocycles. The fourth-order valence-corrected chi connectivity index (χ4v) is 4.61. The molecule has 0 saturated heterocycles. The molecule has 37 heavy (non-hydrogen) atoms. The van der Waals surface area contributed by atoms with Gasteiger partial charge in [-0.05, 0) is 41.5 Å². The highest BCUT2D eigenvalue weighted by Crippen LogP contribution is 2.48. The van der Waals surface area contributed by atoms with Crippen LogP contribution < -0.4 is 15.8 Å². The van der Waals surface area contributed by atoms with Crippen molar-refractivity contribution in [2.75, 3.05) is 13.7 Å². The van der Waals surface area contributed by atoms with Crippen molar-refractivity contribution < 1.29 is 48.4 Å². The zero-order chi connectivity index (χ0) is 27.5. The van der Waals surface area contributed by atoms with Crippen molar-refractivity contribution in [3.05, 3.63) is 53.5 Å². The summed E-state index contributed by atoms with van der Waals surface area (Å²) in [5.74, 6) is -1.22. The van der Waals surface area contributed by atoms with Crippen LogP contribution in [0.3, 0.4) is 0 Å². The van der Waals surface area contributed by atoms with E-state index in [1.54, 1.807) is 26.2 Å². The van der Waals surface area contributed by atoms with Crippen molar-refractivity contribution in [1.29, 1.82) is 0 Å². The molecule has 0 saturated carbocycles. The Morgan fingerprint density at radius 2 is 1.81 bits per heavy atom. The van der Waals surface area contributed by atoms with Crippen LogP contribution in [0.25, 0.3) is 10.8 Å². The number of esters is 1. The average molecular weight is 538 g/mol. The van der Waals surface area contributed by atoms with Gasteiger partial charge in [0.1, 0.15) is 30.7 Å². The summed E-state index contributed by atoms with van der Waals surface area (Å²) in [5, 5.41) is 25.4. The first-order valence-electron chi connectivity index (χ1n) is 11.4. The van der Waals surface area contributed by atoms with Crippen LogP contribution in [0.5, 0.6) is 5.75 Å². The number of methoxy groups -OCH3 is 1. The number of nitrogens with one attached hydrogen (secondary N) is 1. The first kappa shape index (κ1) is 28.6. The quantitative estimate of drug-likeness (QED) is 0.192. The molecule has 202 valence electrons. The molecule has 0 bridgehead atoms. The highest BCUT2D eigenvalue weighted by atomic mass is 31.2. The summed E-state index contributed by atoms with van der Waals surface area (Å²) >= 11 is 0. The Hall–Kier alpha value is -2.99. The topological polar surface area (TPSA) is 198 Å². The van der Waals surface area contributed by atoms with Crippen LogP contribution in [0.4, 0.5) is 0 Å². The molecule has 1 aliphatic rings. The number of aliphatic hydroxyl groups is 2. The van der Waals surface area contributed by atoms with Gasteiger partial charge in [0.25, 0.3) is 0 Å². The summed E-state index contributed by atoms with van der Waals surface area (Å²) in [6.07, 6.45) is -4.13. The molecule has 0 aromatic heterocycles. The van der Waals surface area contributed by atoms with Gasteiger partial charge in [-0.2, -0.15) is 0 Å². The number of fused-ring (bicyclic) bond motifs is 1. The molecule has 6 atom stereocenters. The Balaban J connectivity index is 1.68. The van der Waals surface area contributed by atoms with Crippen LogP contribution in [-0.4, -0.2) is 76.0 Å². The SMILES string of the molecule is COc1ccc2cc([C@H](C)C(=O)OC[C@@H](O)[C@@H](O)[C@@H]3OC(P(=O)(O)O)=C[C@H](N)[C@H]3NC(C)=O)ccc2c1. The third-order valence-electron chi connectivity index (χ3n) is 6.07. The molecule has 3 rings (SSSR count). The van der Waals surface area contributed by atoms with Gasteiger partial charge >= 0.3 is 13.6 Å². The number of carbonyl (C=O) groups is 2. The number of amides is 1. The number of ether oxygens (including phenoxy) is 3. The second-order valence-corrected chi connectivity index (χ2v) is 10.3. The van der Waals surface area contributed by atoms with E-state index in [2.05, 4.69) is 5.32 Å². The molecular formula is C24H31N2O10P. The lowest BCUT2D eigenvalue weighted by atomic mass is 9.93. The normalized spacial score (nSPS) is 22.3. The van der Waals surface area contributed by atoms with Gasteiger partial charge in [-0.1, -0.05) is 24.3 Å². The van der Waals surface area contributed by atoms with Crippen LogP contribution >= 0.6 is 7.60 Å². The molecule has 1 amide bonds. The molecule has 0 radical (unpaired) electrons. The first-order valence-corrected chi connectivity index (χ1v) is 13.0. The van der Waals surface area contributed by atoms with Gasteiger partial charge in [0.05, 0.1) is 25.1 Å². The van der Waals surface area contributed by atoms with Gasteiger partial charge < -0.3 is 45.3 Å². The van der Waals surface area contributed by atoms with Crippen LogP contribution in [0.15, 0.2) is 48.0 Å². The molecule has 0 unspecified atom stereocenters. The molecule has 1 aliphatic heterocycles. The van der Waals surface area contributed by atoms with E-state index in [9.17, 15) is 34.2 Å². The van der Waals surface area contributed by atoms with E-state index in [-0.39, 0.29) is 0 Å². The summed E-state index contributed by atoms with van der Waals surface area (Å²) in [7, 11) is -3.32. The van der Waals surface area contributed by atoms with Crippen molar-refractivity contribution in [3.8, 4) is 5.75 Å². The van der Waals surface area contributed by atoms with Gasteiger partial charge in [-0.25, -0.2) is 0 Å². The molecule has 0 fully saturated rings. The maximum Gasteiger partial charge on any atom is 0.390 e. The van der Waals surface area contributed by atoms with E-state index < -0.39 is 67.9 Å². The lowest BCUT2D eigenvalue weighted by Gasteiger charge is -2.39. The van der Waals surface area contributed by atoms with Crippen LogP contribution in [0.1, 0.15) is 25.3 Å². The Morgan fingerprint density at radius 1 is 1.16 bits per heavy atom. The molecule has 0 aliphatic carbocycles. The monoisotopic (exact) mass is 538 g/mol. The van der Waals surface area contributed by atoms with Crippen molar-refractivity contribution in [2.24, 2.45) is 5.73 Å². The van der Waals surface area contributed by atoms with E-state index >= 15 is 0 Å². The standard InChI is InChI=1S/C24H31N2O10P/c1-12(14-4-5-16-9-17(34-3)7-6-15(16)8-14)24(30)35-11-19(28)22(29)23-21(26-13(2)27)18(25)10-20(36-23)37(31,32)33/h4-10,12,18-19,21-23,28-29H,11,25H2,1-3H3,(H,26,27)(H2,31,32,33)/t12-,18-,19+,21+,22+,23+/m0/s1. The van der Waals surface area contributed by atoms with E-state index in [0.29, 0.717) is 11.3 Å². The number of aliphatic hydroxyl groups excluding tert-OH is 2. The summed E-state index contributed by atoms with van der Waals surface area (Å²) in [5.41, 5.74) is 5.80. The first-order chi connectivity index (χ1) is 17.3. The zero-order valence-electron chi connectivity index (χ0n) is 20.5. The number of rotatable bonds is 9. The minimum absolute atomic E-state index is 0.544. The molecule has 7 N–H and O–H groups in total. The molecular weight excluding hydrogens is 507 g/mol. The van der Waals surface area contributed by atoms with Crippen molar-refractivity contribution in [1.82, 2.24) is 5.32 Å². The molecule has 2 aromatic rings. The van der Waals surface area contributed by atoms with Gasteiger partial charge in [0.15, 0.2) is 0 Å². The highest BCUT2D eigenvalue weighted by Gasteiger charge is 2.44. The fourth-order valence-electron chi connectivity index (χ4n) is 3.99. The van der Waals surface area contributed by atoms with Crippen LogP contribution in [0.2, 0.25) is 0 Å². The molecule has 13 heteroatoms. The molecule has 0 spiro atoms. The predicted molar refractivity (Wildman–Crippen MR) is 132 cm³/mol. The van der Waals surface area contributed by atoms with E-state index in [4.69, 9.17) is 19.9 Å². The second-order valence-electron chi connectivity index (χ2n) is 8.82. The van der Waals surface area contributed by atoms with Gasteiger partial charge in [0, 0.05) is 6.92 Å². The minimum atomic E-state index is -4.89.